The maximum absolute atomic E-state index is 12.4. The summed E-state index contributed by atoms with van der Waals surface area (Å²) in [5.41, 5.74) is -2.31. The van der Waals surface area contributed by atoms with Gasteiger partial charge in [0.25, 0.3) is 27.4 Å². The molecule has 1 rings (SSSR count). The third kappa shape index (κ3) is 7.16. The Morgan fingerprint density at radius 3 is 2.40 bits per heavy atom. The normalized spacial score (nSPS) is 11.2. The van der Waals surface area contributed by atoms with E-state index < -0.39 is 48.7 Å². The molecule has 0 atom stereocenters. The van der Waals surface area contributed by atoms with Crippen LogP contribution in [0.5, 0.6) is 0 Å². The van der Waals surface area contributed by atoms with Crippen LogP contribution in [0.4, 0.5) is 17.1 Å². The number of alkyl halides is 1. The highest BCUT2D eigenvalue weighted by atomic mass is 79.9. The number of amides is 1. The number of aliphatic hydroxyl groups is 1. The van der Waals surface area contributed by atoms with E-state index in [0.29, 0.717) is 6.07 Å². The molecular weight excluding hydrogens is 492 g/mol. The van der Waals surface area contributed by atoms with Gasteiger partial charge in [0.2, 0.25) is 0 Å². The highest BCUT2D eigenvalue weighted by molar-refractivity contribution is 9.09. The second-order valence-electron chi connectivity index (χ2n) is 5.75. The summed E-state index contributed by atoms with van der Waals surface area (Å²) in [6, 6.07) is 1.53. The lowest BCUT2D eigenvalue weighted by atomic mass is 10.1. The topological polar surface area (TPSA) is 182 Å². The van der Waals surface area contributed by atoms with Gasteiger partial charge in [-0.25, -0.2) is 0 Å². The summed E-state index contributed by atoms with van der Waals surface area (Å²) in [4.78, 5) is 34.5. The van der Waals surface area contributed by atoms with Crippen LogP contribution < -0.4 is 10.2 Å². The van der Waals surface area contributed by atoms with Gasteiger partial charge in [0.15, 0.2) is 0 Å². The van der Waals surface area contributed by atoms with Crippen LogP contribution >= 0.6 is 15.9 Å². The van der Waals surface area contributed by atoms with Crippen molar-refractivity contribution < 1.29 is 32.3 Å². The zero-order chi connectivity index (χ0) is 22.9. The summed E-state index contributed by atoms with van der Waals surface area (Å²) in [6.45, 7) is 1.07. The van der Waals surface area contributed by atoms with Crippen LogP contribution in [-0.2, 0) is 14.3 Å². The minimum Gasteiger partial charge on any atom is -0.396 e. The number of benzene rings is 1. The molecule has 0 heterocycles. The Morgan fingerprint density at radius 1 is 1.27 bits per heavy atom. The van der Waals surface area contributed by atoms with Crippen molar-refractivity contribution in [1.29, 1.82) is 0 Å². The van der Waals surface area contributed by atoms with Gasteiger partial charge in [0.05, 0.1) is 22.5 Å². The Morgan fingerprint density at radius 2 is 1.90 bits per heavy atom. The summed E-state index contributed by atoms with van der Waals surface area (Å²) >= 11 is 3.12. The van der Waals surface area contributed by atoms with E-state index in [1.165, 1.54) is 6.92 Å². The molecule has 0 unspecified atom stereocenters. The number of nitrogens with zero attached hydrogens (tertiary/aromatic N) is 3. The predicted molar refractivity (Wildman–Crippen MR) is 110 cm³/mol. The number of aliphatic hydroxyl groups excluding tert-OH is 1. The highest BCUT2D eigenvalue weighted by Gasteiger charge is 2.31. The van der Waals surface area contributed by atoms with Crippen molar-refractivity contribution in [3.63, 3.8) is 0 Å². The SMILES string of the molecule is CCOS(=O)(=O)CN(CCBr)c1cc(C(=O)NCCCO)c([N+](=O)[O-])cc1[N+](=O)[O-]. The van der Waals surface area contributed by atoms with Crippen LogP contribution in [0.1, 0.15) is 23.7 Å². The molecular formula is C15H21BrN4O9S. The molecule has 1 aromatic carbocycles. The molecule has 0 spiro atoms. The van der Waals surface area contributed by atoms with Gasteiger partial charge < -0.3 is 15.3 Å². The van der Waals surface area contributed by atoms with Gasteiger partial charge in [-0.3, -0.25) is 29.2 Å². The fraction of sp³-hybridized carbons (Fsp3) is 0.533. The number of carbonyl (C=O) groups excluding carboxylic acids is 1. The van der Waals surface area contributed by atoms with Crippen molar-refractivity contribution in [2.45, 2.75) is 13.3 Å². The molecule has 0 saturated heterocycles. The van der Waals surface area contributed by atoms with Gasteiger partial charge in [0.1, 0.15) is 17.1 Å². The Balaban J connectivity index is 3.58. The first-order chi connectivity index (χ1) is 14.1. The smallest absolute Gasteiger partial charge is 0.299 e. The van der Waals surface area contributed by atoms with Crippen molar-refractivity contribution in [3.05, 3.63) is 37.9 Å². The van der Waals surface area contributed by atoms with E-state index in [2.05, 4.69) is 25.4 Å². The Kier molecular flexibility index (Phi) is 10.0. The number of nitrogens with one attached hydrogen (secondary N) is 1. The van der Waals surface area contributed by atoms with E-state index in [1.807, 2.05) is 0 Å². The lowest BCUT2D eigenvalue weighted by molar-refractivity contribution is -0.393. The molecule has 0 aliphatic heterocycles. The number of halogens is 1. The molecule has 30 heavy (non-hydrogen) atoms. The summed E-state index contributed by atoms with van der Waals surface area (Å²) < 4.78 is 28.8. The quantitative estimate of drug-likeness (QED) is 0.128. The van der Waals surface area contributed by atoms with Crippen LogP contribution in [0.3, 0.4) is 0 Å². The molecule has 0 aliphatic rings. The average molecular weight is 513 g/mol. The standard InChI is InChI=1S/C15H21BrN4O9S/c1-2-29-30(27,28)10-18(6-4-16)13-8-11(15(22)17-5-3-7-21)12(19(23)24)9-14(13)20(25)26/h8-9,21H,2-7,10H2,1H3,(H,17,22). The Labute approximate surface area is 180 Å². The van der Waals surface area contributed by atoms with Crippen molar-refractivity contribution in [2.75, 3.05) is 42.4 Å². The van der Waals surface area contributed by atoms with Gasteiger partial charge >= 0.3 is 0 Å². The third-order valence-corrected chi connectivity index (χ3v) is 5.24. The van der Waals surface area contributed by atoms with Gasteiger partial charge in [-0.2, -0.15) is 8.42 Å². The number of anilines is 1. The van der Waals surface area contributed by atoms with Crippen molar-refractivity contribution in [1.82, 2.24) is 5.32 Å². The van der Waals surface area contributed by atoms with Crippen molar-refractivity contribution >= 4 is 49.0 Å². The zero-order valence-corrected chi connectivity index (χ0v) is 18.3. The molecule has 1 aromatic rings. The molecule has 0 aliphatic carbocycles. The molecule has 13 nitrogen and oxygen atoms in total. The van der Waals surface area contributed by atoms with Crippen LogP contribution in [0.15, 0.2) is 12.1 Å². The molecule has 0 aromatic heterocycles. The monoisotopic (exact) mass is 512 g/mol. The summed E-state index contributed by atoms with van der Waals surface area (Å²) in [7, 11) is -4.10. The maximum Gasteiger partial charge on any atom is 0.299 e. The van der Waals surface area contributed by atoms with Gasteiger partial charge in [0, 0.05) is 25.0 Å². The third-order valence-electron chi connectivity index (χ3n) is 3.66. The Hall–Kier alpha value is -2.36. The van der Waals surface area contributed by atoms with Gasteiger partial charge in [-0.05, 0) is 19.4 Å². The van der Waals surface area contributed by atoms with Crippen molar-refractivity contribution in [3.8, 4) is 0 Å². The first-order valence-electron chi connectivity index (χ1n) is 8.61. The number of nitro benzene ring substituents is 2. The van der Waals surface area contributed by atoms with E-state index in [1.54, 1.807) is 0 Å². The maximum atomic E-state index is 12.4. The molecule has 2 N–H and O–H groups in total. The summed E-state index contributed by atoms with van der Waals surface area (Å²) in [5, 5.41) is 34.3. The largest absolute Gasteiger partial charge is 0.396 e. The molecule has 15 heteroatoms. The lowest BCUT2D eigenvalue weighted by Gasteiger charge is -2.23. The molecule has 0 fully saturated rings. The van der Waals surface area contributed by atoms with Crippen LogP contribution in [0, 0.1) is 20.2 Å². The number of carbonyl (C=O) groups is 1. The summed E-state index contributed by atoms with van der Waals surface area (Å²) in [5.74, 6) is -1.66. The minimum atomic E-state index is -4.10. The van der Waals surface area contributed by atoms with E-state index in [0.717, 1.165) is 11.0 Å². The molecule has 0 bridgehead atoms. The van der Waals surface area contributed by atoms with Gasteiger partial charge in [-0.1, -0.05) is 15.9 Å². The molecule has 168 valence electrons. The molecule has 0 saturated carbocycles. The van der Waals surface area contributed by atoms with Crippen molar-refractivity contribution in [2.24, 2.45) is 0 Å². The molecule has 0 radical (unpaired) electrons. The van der Waals surface area contributed by atoms with E-state index >= 15 is 0 Å². The number of rotatable bonds is 13. The first-order valence-corrected chi connectivity index (χ1v) is 11.3. The minimum absolute atomic E-state index is 0.0165. The van der Waals surface area contributed by atoms with Crippen LogP contribution in [0.25, 0.3) is 0 Å². The van der Waals surface area contributed by atoms with E-state index in [9.17, 15) is 33.4 Å². The molecule has 1 amide bonds. The predicted octanol–water partition coefficient (Wildman–Crippen LogP) is 1.14. The lowest BCUT2D eigenvalue weighted by Crippen LogP contribution is -2.33. The van der Waals surface area contributed by atoms with E-state index in [4.69, 9.17) is 5.11 Å². The van der Waals surface area contributed by atoms with Crippen LogP contribution in [-0.4, -0.2) is 66.8 Å². The number of hydrogen-bond acceptors (Lipinski definition) is 10. The van der Waals surface area contributed by atoms with Gasteiger partial charge in [-0.15, -0.1) is 0 Å². The average Bonchev–Trinajstić information content (AvgIpc) is 2.66. The number of nitro groups is 2. The zero-order valence-electron chi connectivity index (χ0n) is 15.9. The second kappa shape index (κ2) is 11.7. The second-order valence-corrected chi connectivity index (χ2v) is 8.15. The Bertz CT molecular complexity index is 894. The first kappa shape index (κ1) is 25.7. The van der Waals surface area contributed by atoms with Crippen LogP contribution in [0.2, 0.25) is 0 Å². The summed E-state index contributed by atoms with van der Waals surface area (Å²) in [6.07, 6.45) is 0.196. The number of hydrogen-bond donors (Lipinski definition) is 2. The fourth-order valence-corrected chi connectivity index (χ4v) is 3.95. The highest BCUT2D eigenvalue weighted by Crippen LogP contribution is 2.35. The fourth-order valence-electron chi connectivity index (χ4n) is 2.44. The van der Waals surface area contributed by atoms with E-state index in [-0.39, 0.29) is 43.7 Å².